The Morgan fingerprint density at radius 3 is 2.33 bits per heavy atom. The first kappa shape index (κ1) is 22.9. The predicted molar refractivity (Wildman–Crippen MR) is 119 cm³/mol. The van der Waals surface area contributed by atoms with Gasteiger partial charge >= 0.3 is 0 Å². The highest BCUT2D eigenvalue weighted by Gasteiger charge is 2.37. The van der Waals surface area contributed by atoms with Gasteiger partial charge in [-0.1, -0.05) is 0 Å². The summed E-state index contributed by atoms with van der Waals surface area (Å²) < 4.78 is 44.9. The summed E-state index contributed by atoms with van der Waals surface area (Å²) in [4.78, 5) is 16.5. The van der Waals surface area contributed by atoms with E-state index in [1.165, 1.54) is 19.1 Å². The third-order valence-electron chi connectivity index (χ3n) is 7.10. The maximum Gasteiger partial charge on any atom is 0.282 e. The lowest BCUT2D eigenvalue weighted by Gasteiger charge is -2.38. The molecule has 1 N–H and O–H groups in total. The quantitative estimate of drug-likeness (QED) is 0.576. The molecule has 4 aliphatic rings. The first-order valence-corrected chi connectivity index (χ1v) is 13.2. The minimum atomic E-state index is -3.46. The summed E-state index contributed by atoms with van der Waals surface area (Å²) in [7, 11) is -3.46. The molecule has 0 atom stereocenters. The van der Waals surface area contributed by atoms with Gasteiger partial charge in [0.05, 0.1) is 39.4 Å². The van der Waals surface area contributed by atoms with Gasteiger partial charge in [-0.25, -0.2) is 0 Å². The van der Waals surface area contributed by atoms with Crippen LogP contribution in [0.3, 0.4) is 0 Å². The van der Waals surface area contributed by atoms with E-state index in [2.05, 4.69) is 6.07 Å². The number of nitrogens with zero attached hydrogens (tertiary/aromatic N) is 3. The fourth-order valence-electron chi connectivity index (χ4n) is 5.09. The Kier molecular flexibility index (Phi) is 6.75. The zero-order chi connectivity index (χ0) is 22.8. The second-order valence-corrected chi connectivity index (χ2v) is 11.1. The molecule has 3 saturated heterocycles. The van der Waals surface area contributed by atoms with Gasteiger partial charge in [-0.05, 0) is 31.0 Å². The number of amides is 1. The summed E-state index contributed by atoms with van der Waals surface area (Å²) in [5, 5.41) is 0. The smallest absolute Gasteiger partial charge is 0.282 e. The predicted octanol–water partition coefficient (Wildman–Crippen LogP) is -1.07. The normalized spacial score (nSPS) is 23.7. The molecule has 5 rings (SSSR count). The van der Waals surface area contributed by atoms with Crippen LogP contribution in [0.15, 0.2) is 18.2 Å². The van der Waals surface area contributed by atoms with E-state index >= 15 is 0 Å². The number of hydrogen-bond donors (Lipinski definition) is 1. The number of piperidine rings is 1. The summed E-state index contributed by atoms with van der Waals surface area (Å²) in [5.74, 6) is 1.70. The minimum absolute atomic E-state index is 0.0865. The maximum absolute atomic E-state index is 13.1. The highest BCUT2D eigenvalue weighted by molar-refractivity contribution is 7.86. The fraction of sp³-hybridized carbons (Fsp3) is 0.682. The lowest BCUT2D eigenvalue weighted by molar-refractivity contribution is -0.917. The molecule has 1 amide bonds. The van der Waals surface area contributed by atoms with Crippen LogP contribution in [0, 0.1) is 5.92 Å². The number of rotatable bonds is 5. The van der Waals surface area contributed by atoms with E-state index in [1.807, 2.05) is 17.0 Å². The second kappa shape index (κ2) is 9.75. The Morgan fingerprint density at radius 2 is 1.61 bits per heavy atom. The lowest BCUT2D eigenvalue weighted by atomic mass is 9.96. The molecule has 0 unspecified atom stereocenters. The number of quaternary nitrogens is 1. The van der Waals surface area contributed by atoms with Crippen molar-refractivity contribution in [2.45, 2.75) is 19.4 Å². The third kappa shape index (κ3) is 4.97. The highest BCUT2D eigenvalue weighted by Crippen LogP contribution is 2.32. The van der Waals surface area contributed by atoms with Crippen LogP contribution < -0.4 is 14.4 Å². The van der Waals surface area contributed by atoms with Gasteiger partial charge in [0.1, 0.15) is 6.54 Å². The molecule has 11 heteroatoms. The SMILES string of the molecule is O=C(C1CCN(S(=O)(=O)N2CCOCC2)CC1)N1CC[NH+](Cc2ccc3c(c2)OCO3)CC1. The average Bonchev–Trinajstić information content (AvgIpc) is 3.33. The van der Waals surface area contributed by atoms with Crippen molar-refractivity contribution in [3.8, 4) is 11.5 Å². The molecule has 0 bridgehead atoms. The molecule has 4 heterocycles. The van der Waals surface area contributed by atoms with E-state index < -0.39 is 10.2 Å². The number of piperazine rings is 1. The monoisotopic (exact) mass is 481 g/mol. The number of carbonyl (C=O) groups is 1. The van der Waals surface area contributed by atoms with Gasteiger partial charge < -0.3 is 24.0 Å². The Balaban J connectivity index is 1.08. The van der Waals surface area contributed by atoms with Crippen molar-refractivity contribution in [3.05, 3.63) is 23.8 Å². The summed E-state index contributed by atoms with van der Waals surface area (Å²) in [5.41, 5.74) is 1.21. The molecule has 0 aromatic heterocycles. The van der Waals surface area contributed by atoms with Gasteiger partial charge in [-0.3, -0.25) is 4.79 Å². The van der Waals surface area contributed by atoms with Crippen molar-refractivity contribution < 1.29 is 32.3 Å². The van der Waals surface area contributed by atoms with Crippen LogP contribution in [0.5, 0.6) is 11.5 Å². The van der Waals surface area contributed by atoms with Crippen molar-refractivity contribution in [2.75, 3.05) is 72.4 Å². The zero-order valence-electron chi connectivity index (χ0n) is 18.9. The first-order chi connectivity index (χ1) is 16.0. The van der Waals surface area contributed by atoms with Crippen molar-refractivity contribution in [2.24, 2.45) is 5.92 Å². The molecule has 10 nitrogen and oxygen atoms in total. The average molecular weight is 482 g/mol. The van der Waals surface area contributed by atoms with Crippen LogP contribution >= 0.6 is 0 Å². The molecular weight excluding hydrogens is 448 g/mol. The van der Waals surface area contributed by atoms with Gasteiger partial charge in [0.2, 0.25) is 12.7 Å². The number of nitrogens with one attached hydrogen (secondary N) is 1. The number of morpholine rings is 1. The standard InChI is InChI=1S/C22H32N4O6S/c27-22(19-3-5-25(6-4-19)33(28,29)26-11-13-30-14-12-26)24-9-7-23(8-10-24)16-18-1-2-20-21(15-18)32-17-31-20/h1-2,15,19H,3-14,16-17H2/p+1. The molecule has 0 aliphatic carbocycles. The Labute approximate surface area is 195 Å². The lowest BCUT2D eigenvalue weighted by Crippen LogP contribution is -3.13. The van der Waals surface area contributed by atoms with Crippen LogP contribution in [-0.4, -0.2) is 100 Å². The van der Waals surface area contributed by atoms with E-state index in [0.717, 1.165) is 44.2 Å². The van der Waals surface area contributed by atoms with E-state index in [1.54, 1.807) is 0 Å². The number of hydrogen-bond acceptors (Lipinski definition) is 6. The molecular formula is C22H33N4O6S+. The Hall–Kier alpha value is -1.92. The van der Waals surface area contributed by atoms with Crippen LogP contribution in [0.25, 0.3) is 0 Å². The number of fused-ring (bicyclic) bond motifs is 1. The topological polar surface area (TPSA) is 93.1 Å². The minimum Gasteiger partial charge on any atom is -0.454 e. The number of benzene rings is 1. The van der Waals surface area contributed by atoms with E-state index in [-0.39, 0.29) is 18.6 Å². The molecule has 182 valence electrons. The largest absolute Gasteiger partial charge is 0.454 e. The summed E-state index contributed by atoms with van der Waals surface area (Å²) in [6.07, 6.45) is 1.18. The van der Waals surface area contributed by atoms with E-state index in [0.29, 0.717) is 52.2 Å². The van der Waals surface area contributed by atoms with Crippen molar-refractivity contribution in [1.29, 1.82) is 0 Å². The molecule has 0 spiro atoms. The number of ether oxygens (including phenoxy) is 3. The summed E-state index contributed by atoms with van der Waals surface area (Å²) in [6.45, 7) is 6.98. The van der Waals surface area contributed by atoms with Gasteiger partial charge in [-0.15, -0.1) is 0 Å². The van der Waals surface area contributed by atoms with Crippen LogP contribution in [-0.2, 0) is 26.3 Å². The van der Waals surface area contributed by atoms with Gasteiger partial charge in [-0.2, -0.15) is 17.0 Å². The van der Waals surface area contributed by atoms with E-state index in [4.69, 9.17) is 14.2 Å². The Bertz CT molecular complexity index is 952. The van der Waals surface area contributed by atoms with Gasteiger partial charge in [0.25, 0.3) is 10.2 Å². The van der Waals surface area contributed by atoms with Gasteiger partial charge in [0.15, 0.2) is 11.5 Å². The van der Waals surface area contributed by atoms with Gasteiger partial charge in [0, 0.05) is 37.7 Å². The highest BCUT2D eigenvalue weighted by atomic mass is 32.2. The van der Waals surface area contributed by atoms with Crippen molar-refractivity contribution in [1.82, 2.24) is 13.5 Å². The molecule has 4 aliphatic heterocycles. The maximum atomic E-state index is 13.1. The summed E-state index contributed by atoms with van der Waals surface area (Å²) >= 11 is 0. The van der Waals surface area contributed by atoms with Crippen LogP contribution in [0.2, 0.25) is 0 Å². The molecule has 0 radical (unpaired) electrons. The Morgan fingerprint density at radius 1 is 0.939 bits per heavy atom. The fourth-order valence-corrected chi connectivity index (χ4v) is 6.70. The number of carbonyl (C=O) groups excluding carboxylic acids is 1. The molecule has 0 saturated carbocycles. The third-order valence-corrected chi connectivity index (χ3v) is 9.13. The zero-order valence-corrected chi connectivity index (χ0v) is 19.7. The van der Waals surface area contributed by atoms with Crippen LogP contribution in [0.1, 0.15) is 18.4 Å². The molecule has 3 fully saturated rings. The molecule has 33 heavy (non-hydrogen) atoms. The van der Waals surface area contributed by atoms with E-state index in [9.17, 15) is 13.2 Å². The van der Waals surface area contributed by atoms with Crippen LogP contribution in [0.4, 0.5) is 0 Å². The second-order valence-electron chi connectivity index (χ2n) is 9.13. The summed E-state index contributed by atoms with van der Waals surface area (Å²) in [6, 6.07) is 6.09. The van der Waals surface area contributed by atoms with Crippen molar-refractivity contribution in [3.63, 3.8) is 0 Å². The van der Waals surface area contributed by atoms with Crippen molar-refractivity contribution >= 4 is 16.1 Å². The molecule has 1 aromatic rings. The first-order valence-electron chi connectivity index (χ1n) is 11.8. The molecule has 1 aromatic carbocycles.